The molecular formula is C61H45N. The summed E-state index contributed by atoms with van der Waals surface area (Å²) in [5.74, 6) is 1.03. The molecule has 3 atom stereocenters. The van der Waals surface area contributed by atoms with E-state index in [1.54, 1.807) is 0 Å². The van der Waals surface area contributed by atoms with Crippen LogP contribution >= 0.6 is 0 Å². The molecule has 1 nitrogen and oxygen atoms in total. The summed E-state index contributed by atoms with van der Waals surface area (Å²) in [6, 6.07) is 75.5. The number of para-hydroxylation sites is 1. The third-order valence-corrected chi connectivity index (χ3v) is 15.2. The fourth-order valence-electron chi connectivity index (χ4n) is 12.1. The van der Waals surface area contributed by atoms with Gasteiger partial charge in [-0.25, -0.2) is 0 Å². The molecule has 2 aliphatic rings. The third-order valence-electron chi connectivity index (χ3n) is 15.2. The smallest absolute Gasteiger partial charge is 0.0518 e. The Morgan fingerprint density at radius 3 is 1.50 bits per heavy atom. The molecule has 1 aliphatic heterocycles. The van der Waals surface area contributed by atoms with Crippen LogP contribution in [0.5, 0.6) is 0 Å². The molecule has 0 N–H and O–H groups in total. The molecule has 0 spiro atoms. The summed E-state index contributed by atoms with van der Waals surface area (Å²) >= 11 is 0. The van der Waals surface area contributed by atoms with Crippen molar-refractivity contribution in [1.29, 1.82) is 0 Å². The van der Waals surface area contributed by atoms with E-state index in [0.717, 1.165) is 0 Å². The highest BCUT2D eigenvalue weighted by molar-refractivity contribution is 6.32. The minimum absolute atomic E-state index is 0.0188. The first kappa shape index (κ1) is 35.5. The minimum atomic E-state index is 0.0188. The summed E-state index contributed by atoms with van der Waals surface area (Å²) in [5.41, 5.74) is 14.3. The van der Waals surface area contributed by atoms with Crippen LogP contribution in [0.3, 0.4) is 0 Å². The molecule has 0 saturated heterocycles. The Labute approximate surface area is 362 Å². The van der Waals surface area contributed by atoms with Gasteiger partial charge < -0.3 is 4.90 Å². The SMILES string of the molecule is CC1CCC2c3cc(-c4cc(-c5cccc6ccccc56)c5ccc6c(-c7ccccc7)cc(-c7cccc8ccccc78)c7ccc4c5c67)ccc3N(c3ccccc3)C12C. The van der Waals surface area contributed by atoms with E-state index in [-0.39, 0.29) is 5.54 Å². The highest BCUT2D eigenvalue weighted by Gasteiger charge is 2.55. The van der Waals surface area contributed by atoms with Crippen LogP contribution in [0.2, 0.25) is 0 Å². The lowest BCUT2D eigenvalue weighted by Crippen LogP contribution is -2.45. The molecule has 11 aromatic rings. The van der Waals surface area contributed by atoms with Crippen molar-refractivity contribution in [3.63, 3.8) is 0 Å². The van der Waals surface area contributed by atoms with Gasteiger partial charge in [-0.3, -0.25) is 0 Å². The highest BCUT2D eigenvalue weighted by atomic mass is 15.2. The molecule has 0 aromatic heterocycles. The molecule has 294 valence electrons. The maximum absolute atomic E-state index is 2.68. The van der Waals surface area contributed by atoms with Crippen LogP contribution in [0.15, 0.2) is 200 Å². The van der Waals surface area contributed by atoms with Crippen LogP contribution in [0.25, 0.3) is 98.4 Å². The van der Waals surface area contributed by atoms with Gasteiger partial charge in [0.25, 0.3) is 0 Å². The Bertz CT molecular complexity index is 3560. The minimum Gasteiger partial charge on any atom is -0.334 e. The van der Waals surface area contributed by atoms with Gasteiger partial charge >= 0.3 is 0 Å². The summed E-state index contributed by atoms with van der Waals surface area (Å²) in [5, 5.41) is 12.9. The largest absolute Gasteiger partial charge is 0.334 e. The molecule has 1 fully saturated rings. The van der Waals surface area contributed by atoms with Crippen molar-refractivity contribution >= 4 is 65.2 Å². The van der Waals surface area contributed by atoms with E-state index < -0.39 is 0 Å². The number of anilines is 2. The first-order valence-corrected chi connectivity index (χ1v) is 22.4. The lowest BCUT2D eigenvalue weighted by Gasteiger charge is -2.41. The van der Waals surface area contributed by atoms with Crippen LogP contribution in [-0.4, -0.2) is 5.54 Å². The lowest BCUT2D eigenvalue weighted by atomic mass is 9.80. The van der Waals surface area contributed by atoms with Crippen molar-refractivity contribution in [3.05, 3.63) is 206 Å². The number of fused-ring (bicyclic) bond motifs is 5. The van der Waals surface area contributed by atoms with Gasteiger partial charge in [-0.1, -0.05) is 171 Å². The Kier molecular flexibility index (Phi) is 7.67. The standard InChI is InChI=1S/C61H45N/c1-38-27-33-57-56-35-42(28-34-58(56)62(61(38,57)2)43-21-7-4-8-22-43)53-37-55(47-26-14-20-40-18-10-12-24-45(40)47)51-31-29-48-52(41-15-5-3-6-16-41)36-54(50-32-30-49(53)60(51)59(48)50)46-25-13-19-39-17-9-11-23-44(39)46/h3-26,28-32,34-38,57H,27,33H2,1-2H3. The van der Waals surface area contributed by atoms with Gasteiger partial charge in [-0.15, -0.1) is 0 Å². The van der Waals surface area contributed by atoms with E-state index in [4.69, 9.17) is 0 Å². The summed E-state index contributed by atoms with van der Waals surface area (Å²) in [7, 11) is 0. The monoisotopic (exact) mass is 791 g/mol. The molecule has 1 heterocycles. The fourth-order valence-corrected chi connectivity index (χ4v) is 12.1. The topological polar surface area (TPSA) is 3.24 Å². The zero-order valence-electron chi connectivity index (χ0n) is 35.1. The molecule has 11 aromatic carbocycles. The third kappa shape index (κ3) is 4.97. The van der Waals surface area contributed by atoms with Crippen LogP contribution < -0.4 is 4.90 Å². The van der Waals surface area contributed by atoms with Crippen LogP contribution in [0, 0.1) is 5.92 Å². The molecule has 0 bridgehead atoms. The number of rotatable bonds is 5. The zero-order valence-corrected chi connectivity index (χ0v) is 35.1. The van der Waals surface area contributed by atoms with E-state index in [2.05, 4.69) is 219 Å². The fraction of sp³-hybridized carbons (Fsp3) is 0.115. The maximum Gasteiger partial charge on any atom is 0.0518 e. The highest BCUT2D eigenvalue weighted by Crippen LogP contribution is 2.61. The van der Waals surface area contributed by atoms with Crippen molar-refractivity contribution in [3.8, 4) is 44.5 Å². The second-order valence-electron chi connectivity index (χ2n) is 18.1. The lowest BCUT2D eigenvalue weighted by molar-refractivity contribution is 0.355. The summed E-state index contributed by atoms with van der Waals surface area (Å²) in [4.78, 5) is 2.68. The number of nitrogens with zero attached hydrogens (tertiary/aromatic N) is 1. The van der Waals surface area contributed by atoms with Crippen molar-refractivity contribution in [1.82, 2.24) is 0 Å². The second-order valence-corrected chi connectivity index (χ2v) is 18.1. The Morgan fingerprint density at radius 1 is 0.403 bits per heavy atom. The Hall–Kier alpha value is -7.22. The molecule has 1 saturated carbocycles. The van der Waals surface area contributed by atoms with Crippen molar-refractivity contribution < 1.29 is 0 Å². The van der Waals surface area contributed by atoms with Gasteiger partial charge in [0.1, 0.15) is 0 Å². The first-order chi connectivity index (χ1) is 30.6. The summed E-state index contributed by atoms with van der Waals surface area (Å²) < 4.78 is 0. The van der Waals surface area contributed by atoms with Gasteiger partial charge in [0.05, 0.1) is 5.54 Å². The quantitative estimate of drug-likeness (QED) is 0.157. The molecule has 0 radical (unpaired) electrons. The normalized spacial score (nSPS) is 18.4. The summed E-state index contributed by atoms with van der Waals surface area (Å²) in [6.45, 7) is 4.99. The number of hydrogen-bond donors (Lipinski definition) is 0. The van der Waals surface area contributed by atoms with Crippen molar-refractivity contribution in [2.24, 2.45) is 5.92 Å². The average molecular weight is 792 g/mol. The Morgan fingerprint density at radius 2 is 0.903 bits per heavy atom. The second kappa shape index (κ2) is 13.4. The molecule has 0 amide bonds. The molecule has 1 heteroatoms. The van der Waals surface area contributed by atoms with Gasteiger partial charge in [0.15, 0.2) is 0 Å². The van der Waals surface area contributed by atoms with Crippen LogP contribution in [-0.2, 0) is 0 Å². The number of benzene rings is 11. The maximum atomic E-state index is 2.68. The molecular weight excluding hydrogens is 747 g/mol. The Balaban J connectivity index is 1.15. The molecule has 3 unspecified atom stereocenters. The molecule has 13 rings (SSSR count). The van der Waals surface area contributed by atoms with E-state index in [1.807, 2.05) is 0 Å². The van der Waals surface area contributed by atoms with Gasteiger partial charge in [0.2, 0.25) is 0 Å². The number of hydrogen-bond acceptors (Lipinski definition) is 1. The average Bonchev–Trinajstić information content (AvgIpc) is 3.77. The van der Waals surface area contributed by atoms with Gasteiger partial charge in [-0.05, 0) is 166 Å². The van der Waals surface area contributed by atoms with Gasteiger partial charge in [-0.2, -0.15) is 0 Å². The van der Waals surface area contributed by atoms with Crippen molar-refractivity contribution in [2.45, 2.75) is 38.1 Å². The first-order valence-electron chi connectivity index (χ1n) is 22.4. The molecule has 1 aliphatic carbocycles. The predicted molar refractivity (Wildman–Crippen MR) is 265 cm³/mol. The molecule has 62 heavy (non-hydrogen) atoms. The van der Waals surface area contributed by atoms with E-state index in [9.17, 15) is 0 Å². The van der Waals surface area contributed by atoms with Crippen molar-refractivity contribution in [2.75, 3.05) is 4.90 Å². The summed E-state index contributed by atoms with van der Waals surface area (Å²) in [6.07, 6.45) is 2.44. The van der Waals surface area contributed by atoms with Crippen LogP contribution in [0.1, 0.15) is 38.2 Å². The van der Waals surface area contributed by atoms with Crippen LogP contribution in [0.4, 0.5) is 11.4 Å². The predicted octanol–water partition coefficient (Wildman–Crippen LogP) is 17.0. The van der Waals surface area contributed by atoms with Gasteiger partial charge in [0, 0.05) is 17.3 Å². The van der Waals surface area contributed by atoms with E-state index in [1.165, 1.54) is 128 Å². The zero-order chi connectivity index (χ0) is 41.1. The van der Waals surface area contributed by atoms with E-state index in [0.29, 0.717) is 11.8 Å². The van der Waals surface area contributed by atoms with E-state index >= 15 is 0 Å².